The van der Waals surface area contributed by atoms with Gasteiger partial charge in [-0.1, -0.05) is 0 Å². The number of benzene rings is 1. The van der Waals surface area contributed by atoms with Gasteiger partial charge in [0.2, 0.25) is 0 Å². The second kappa shape index (κ2) is 3.81. The highest BCUT2D eigenvalue weighted by Crippen LogP contribution is 2.32. The van der Waals surface area contributed by atoms with E-state index in [1.165, 1.54) is 18.5 Å². The van der Waals surface area contributed by atoms with Crippen molar-refractivity contribution >= 4 is 10.9 Å². The van der Waals surface area contributed by atoms with E-state index >= 15 is 0 Å². The Labute approximate surface area is 100 Å². The van der Waals surface area contributed by atoms with Crippen molar-refractivity contribution in [3.8, 4) is 11.8 Å². The van der Waals surface area contributed by atoms with Gasteiger partial charge in [0.1, 0.15) is 11.8 Å². The van der Waals surface area contributed by atoms with E-state index < -0.39 is 0 Å². The van der Waals surface area contributed by atoms with Gasteiger partial charge in [0.15, 0.2) is 0 Å². The molecule has 17 heavy (non-hydrogen) atoms. The Morgan fingerprint density at radius 1 is 1.35 bits per heavy atom. The van der Waals surface area contributed by atoms with Crippen LogP contribution in [0.25, 0.3) is 10.9 Å². The van der Waals surface area contributed by atoms with E-state index in [4.69, 9.17) is 4.74 Å². The number of aromatic nitrogens is 1. The van der Waals surface area contributed by atoms with E-state index in [0.717, 1.165) is 35.2 Å². The fourth-order valence-electron chi connectivity index (χ4n) is 2.72. The van der Waals surface area contributed by atoms with Crippen molar-refractivity contribution in [3.63, 3.8) is 0 Å². The van der Waals surface area contributed by atoms with Gasteiger partial charge in [0, 0.05) is 23.1 Å². The van der Waals surface area contributed by atoms with Crippen LogP contribution in [-0.2, 0) is 13.0 Å². The van der Waals surface area contributed by atoms with Gasteiger partial charge >= 0.3 is 0 Å². The largest absolute Gasteiger partial charge is 0.497 e. The molecule has 1 aliphatic heterocycles. The molecule has 2 aromatic rings. The summed E-state index contributed by atoms with van der Waals surface area (Å²) in [6, 6.07) is 8.35. The van der Waals surface area contributed by atoms with Gasteiger partial charge in [-0.3, -0.25) is 0 Å². The molecule has 86 valence electrons. The van der Waals surface area contributed by atoms with Crippen molar-refractivity contribution in [1.82, 2.24) is 4.57 Å². The zero-order valence-electron chi connectivity index (χ0n) is 9.86. The first-order chi connectivity index (χ1) is 8.35. The number of nitriles is 1. The lowest BCUT2D eigenvalue weighted by Gasteiger charge is -2.15. The molecular formula is C14H14N2O. The third-order valence-electron chi connectivity index (χ3n) is 3.54. The molecule has 0 radical (unpaired) electrons. The lowest BCUT2D eigenvalue weighted by molar-refractivity contribution is 0.415. The van der Waals surface area contributed by atoms with E-state index in [1.807, 2.05) is 12.1 Å². The summed E-state index contributed by atoms with van der Waals surface area (Å²) in [4.78, 5) is 0. The van der Waals surface area contributed by atoms with Crippen molar-refractivity contribution in [1.29, 1.82) is 5.26 Å². The van der Waals surface area contributed by atoms with E-state index in [9.17, 15) is 5.26 Å². The van der Waals surface area contributed by atoms with Gasteiger partial charge < -0.3 is 9.30 Å². The lowest BCUT2D eigenvalue weighted by atomic mass is 10.1. The minimum absolute atomic E-state index is 0.817. The predicted octanol–water partition coefficient (Wildman–Crippen LogP) is 2.86. The maximum atomic E-state index is 9.34. The molecule has 0 saturated carbocycles. The maximum absolute atomic E-state index is 9.34. The van der Waals surface area contributed by atoms with E-state index in [1.54, 1.807) is 7.11 Å². The van der Waals surface area contributed by atoms with Gasteiger partial charge in [-0.2, -0.15) is 5.26 Å². The number of methoxy groups -OCH3 is 1. The molecule has 0 fully saturated rings. The molecule has 3 nitrogen and oxygen atoms in total. The highest BCUT2D eigenvalue weighted by Gasteiger charge is 2.19. The average Bonchev–Trinajstić information content (AvgIpc) is 2.71. The molecule has 0 bridgehead atoms. The van der Waals surface area contributed by atoms with E-state index in [2.05, 4.69) is 16.7 Å². The van der Waals surface area contributed by atoms with Crippen LogP contribution < -0.4 is 4.74 Å². The third-order valence-corrected chi connectivity index (χ3v) is 3.54. The average molecular weight is 226 g/mol. The molecule has 0 atom stereocenters. The first-order valence-corrected chi connectivity index (χ1v) is 5.94. The Kier molecular flexibility index (Phi) is 2.29. The topological polar surface area (TPSA) is 37.9 Å². The Morgan fingerprint density at radius 2 is 2.24 bits per heavy atom. The van der Waals surface area contributed by atoms with Gasteiger partial charge in [-0.15, -0.1) is 0 Å². The van der Waals surface area contributed by atoms with Gasteiger partial charge in [-0.05, 0) is 37.5 Å². The Morgan fingerprint density at radius 3 is 3.00 bits per heavy atom. The van der Waals surface area contributed by atoms with Crippen LogP contribution in [0.4, 0.5) is 0 Å². The molecule has 3 heteroatoms. The number of aryl methyl sites for hydroxylation is 1. The van der Waals surface area contributed by atoms with Crippen LogP contribution in [0, 0.1) is 11.3 Å². The molecule has 0 spiro atoms. The standard InChI is InChI=1S/C14H14N2O/c1-17-10-5-6-14-11(8-10)12(9-15)13-4-2-3-7-16(13)14/h5-6,8H,2-4,7H2,1H3. The Hall–Kier alpha value is -1.95. The number of rotatable bonds is 1. The van der Waals surface area contributed by atoms with Crippen LogP contribution in [0.2, 0.25) is 0 Å². The van der Waals surface area contributed by atoms with E-state index in [-0.39, 0.29) is 0 Å². The van der Waals surface area contributed by atoms with Crippen LogP contribution in [-0.4, -0.2) is 11.7 Å². The zero-order valence-corrected chi connectivity index (χ0v) is 9.86. The first-order valence-electron chi connectivity index (χ1n) is 5.94. The van der Waals surface area contributed by atoms with Crippen molar-refractivity contribution in [3.05, 3.63) is 29.5 Å². The summed E-state index contributed by atoms with van der Waals surface area (Å²) in [5.74, 6) is 0.817. The minimum atomic E-state index is 0.817. The Bertz CT molecular complexity index is 619. The van der Waals surface area contributed by atoms with Gasteiger partial charge in [0.25, 0.3) is 0 Å². The monoisotopic (exact) mass is 226 g/mol. The van der Waals surface area contributed by atoms with Crippen LogP contribution in [0.15, 0.2) is 18.2 Å². The third kappa shape index (κ3) is 1.41. The van der Waals surface area contributed by atoms with Crippen LogP contribution in [0.1, 0.15) is 24.1 Å². The summed E-state index contributed by atoms with van der Waals surface area (Å²) in [7, 11) is 1.66. The van der Waals surface area contributed by atoms with Crippen LogP contribution >= 0.6 is 0 Å². The summed E-state index contributed by atoms with van der Waals surface area (Å²) < 4.78 is 7.52. The summed E-state index contributed by atoms with van der Waals surface area (Å²) >= 11 is 0. The van der Waals surface area contributed by atoms with E-state index in [0.29, 0.717) is 0 Å². The molecule has 3 rings (SSSR count). The predicted molar refractivity (Wildman–Crippen MR) is 66.1 cm³/mol. The molecule has 0 amide bonds. The Balaban J connectivity index is 2.36. The highest BCUT2D eigenvalue weighted by atomic mass is 16.5. The highest BCUT2D eigenvalue weighted by molar-refractivity contribution is 5.89. The number of hydrogen-bond acceptors (Lipinski definition) is 2. The lowest BCUT2D eigenvalue weighted by Crippen LogP contribution is -2.10. The minimum Gasteiger partial charge on any atom is -0.497 e. The molecule has 0 unspecified atom stereocenters. The van der Waals surface area contributed by atoms with Gasteiger partial charge in [0.05, 0.1) is 12.7 Å². The number of nitrogens with zero attached hydrogens (tertiary/aromatic N) is 2. The van der Waals surface area contributed by atoms with Gasteiger partial charge in [-0.25, -0.2) is 0 Å². The molecule has 0 aliphatic carbocycles. The van der Waals surface area contributed by atoms with Crippen molar-refractivity contribution in [2.24, 2.45) is 0 Å². The zero-order chi connectivity index (χ0) is 11.8. The summed E-state index contributed by atoms with van der Waals surface area (Å²) in [6.45, 7) is 1.03. The normalized spacial score (nSPS) is 14.4. The van der Waals surface area contributed by atoms with Crippen LogP contribution in [0.3, 0.4) is 0 Å². The van der Waals surface area contributed by atoms with Crippen molar-refractivity contribution < 1.29 is 4.74 Å². The molecule has 2 heterocycles. The second-order valence-electron chi connectivity index (χ2n) is 4.43. The SMILES string of the molecule is COc1ccc2c(c1)c(C#N)c1n2CCCC1. The summed E-state index contributed by atoms with van der Waals surface area (Å²) in [6.07, 6.45) is 3.40. The number of fused-ring (bicyclic) bond motifs is 3. The molecule has 0 saturated heterocycles. The number of ether oxygens (including phenoxy) is 1. The molecule has 1 aliphatic rings. The first kappa shape index (κ1) is 10.2. The van der Waals surface area contributed by atoms with Crippen molar-refractivity contribution in [2.75, 3.05) is 7.11 Å². The molecule has 0 N–H and O–H groups in total. The second-order valence-corrected chi connectivity index (χ2v) is 4.43. The van der Waals surface area contributed by atoms with Crippen molar-refractivity contribution in [2.45, 2.75) is 25.8 Å². The fraction of sp³-hybridized carbons (Fsp3) is 0.357. The number of hydrogen-bond donors (Lipinski definition) is 0. The molecule has 1 aromatic carbocycles. The summed E-state index contributed by atoms with van der Waals surface area (Å²) in [5.41, 5.74) is 3.19. The molecule has 1 aromatic heterocycles. The maximum Gasteiger partial charge on any atom is 0.119 e. The molecular weight excluding hydrogens is 212 g/mol. The smallest absolute Gasteiger partial charge is 0.119 e. The quantitative estimate of drug-likeness (QED) is 0.749. The fourth-order valence-corrected chi connectivity index (χ4v) is 2.72. The van der Waals surface area contributed by atoms with Crippen LogP contribution in [0.5, 0.6) is 5.75 Å². The summed E-state index contributed by atoms with van der Waals surface area (Å²) in [5, 5.41) is 10.4.